The van der Waals surface area contributed by atoms with Crippen molar-refractivity contribution < 1.29 is 8.42 Å². The van der Waals surface area contributed by atoms with Crippen molar-refractivity contribution in [3.8, 4) is 0 Å². The Morgan fingerprint density at radius 3 is 2.19 bits per heavy atom. The van der Waals surface area contributed by atoms with Crippen molar-refractivity contribution in [1.29, 1.82) is 0 Å². The molecule has 0 unspecified atom stereocenters. The molecular weight excluding hydrogens is 410 g/mol. The van der Waals surface area contributed by atoms with Crippen LogP contribution in [0.3, 0.4) is 0 Å². The van der Waals surface area contributed by atoms with E-state index in [1.54, 1.807) is 33.3 Å². The molecule has 0 amide bonds. The van der Waals surface area contributed by atoms with Crippen molar-refractivity contribution in [2.24, 2.45) is 4.99 Å². The van der Waals surface area contributed by atoms with E-state index in [-0.39, 0.29) is 5.54 Å². The maximum Gasteiger partial charge on any atom is 0.242 e. The summed E-state index contributed by atoms with van der Waals surface area (Å²) in [6.07, 6.45) is 10.5. The van der Waals surface area contributed by atoms with Crippen LogP contribution in [0.5, 0.6) is 0 Å². The second kappa shape index (κ2) is 10.8. The lowest BCUT2D eigenvalue weighted by Crippen LogP contribution is -2.59. The molecule has 2 N–H and O–H groups in total. The van der Waals surface area contributed by atoms with Gasteiger partial charge in [-0.2, -0.15) is 0 Å². The molecule has 0 atom stereocenters. The number of guanidine groups is 1. The predicted octanol–water partition coefficient (Wildman–Crippen LogP) is 2.79. The number of hydrogen-bond donors (Lipinski definition) is 2. The number of aliphatic imine (C=N–C) groups is 1. The minimum atomic E-state index is -3.40. The molecule has 1 aromatic rings. The van der Waals surface area contributed by atoms with Gasteiger partial charge in [-0.1, -0.05) is 37.8 Å². The molecule has 0 aromatic heterocycles. The van der Waals surface area contributed by atoms with Gasteiger partial charge in [0.25, 0.3) is 0 Å². The van der Waals surface area contributed by atoms with Crippen LogP contribution in [0.2, 0.25) is 0 Å². The first kappa shape index (κ1) is 24.0. The highest BCUT2D eigenvalue weighted by atomic mass is 32.2. The lowest BCUT2D eigenvalue weighted by molar-refractivity contribution is 0.0368. The summed E-state index contributed by atoms with van der Waals surface area (Å²) in [5.74, 6) is 0.798. The van der Waals surface area contributed by atoms with Gasteiger partial charge in [-0.3, -0.25) is 9.89 Å². The van der Waals surface area contributed by atoms with Gasteiger partial charge in [0.2, 0.25) is 10.0 Å². The second-order valence-electron chi connectivity index (χ2n) is 9.04. The molecule has 1 aromatic carbocycles. The van der Waals surface area contributed by atoms with Gasteiger partial charge in [0.05, 0.1) is 4.90 Å². The number of hydrogen-bond acceptors (Lipinski definition) is 4. The Labute approximate surface area is 188 Å². The van der Waals surface area contributed by atoms with E-state index in [4.69, 9.17) is 0 Å². The monoisotopic (exact) mass is 449 g/mol. The van der Waals surface area contributed by atoms with Crippen molar-refractivity contribution >= 4 is 16.0 Å². The zero-order valence-corrected chi connectivity index (χ0v) is 20.2. The van der Waals surface area contributed by atoms with Crippen LogP contribution in [0.25, 0.3) is 0 Å². The SMILES string of the molecule is CN=C(NCc1ccc(S(=O)(=O)N(C)C)cc1)NCC1(N2CCCCC2)CCCCC1. The van der Waals surface area contributed by atoms with Crippen LogP contribution >= 0.6 is 0 Å². The third-order valence-corrected chi connectivity index (χ3v) is 8.61. The number of nitrogens with zero attached hydrogens (tertiary/aromatic N) is 3. The number of sulfonamides is 1. The number of nitrogens with one attached hydrogen (secondary N) is 2. The van der Waals surface area contributed by atoms with E-state index in [0.717, 1.165) is 18.1 Å². The minimum Gasteiger partial charge on any atom is -0.355 e. The van der Waals surface area contributed by atoms with Crippen LogP contribution in [-0.2, 0) is 16.6 Å². The summed E-state index contributed by atoms with van der Waals surface area (Å²) in [6, 6.07) is 7.03. The Morgan fingerprint density at radius 1 is 1.00 bits per heavy atom. The van der Waals surface area contributed by atoms with E-state index in [1.165, 1.54) is 68.8 Å². The molecule has 174 valence electrons. The topological polar surface area (TPSA) is 77.0 Å². The largest absolute Gasteiger partial charge is 0.355 e. The van der Waals surface area contributed by atoms with Gasteiger partial charge in [0.1, 0.15) is 0 Å². The molecule has 1 saturated heterocycles. The zero-order valence-electron chi connectivity index (χ0n) is 19.4. The molecule has 2 aliphatic rings. The summed E-state index contributed by atoms with van der Waals surface area (Å²) in [5, 5.41) is 6.98. The van der Waals surface area contributed by atoms with Crippen molar-refractivity contribution in [2.75, 3.05) is 40.8 Å². The lowest BCUT2D eigenvalue weighted by atomic mass is 9.79. The number of rotatable bonds is 7. The lowest BCUT2D eigenvalue weighted by Gasteiger charge is -2.48. The Morgan fingerprint density at radius 2 is 1.61 bits per heavy atom. The summed E-state index contributed by atoms with van der Waals surface area (Å²) >= 11 is 0. The Kier molecular flexibility index (Phi) is 8.36. The van der Waals surface area contributed by atoms with Crippen LogP contribution in [0.4, 0.5) is 0 Å². The molecule has 3 rings (SSSR count). The van der Waals surface area contributed by atoms with E-state index in [2.05, 4.69) is 20.5 Å². The van der Waals surface area contributed by atoms with Crippen LogP contribution in [0.15, 0.2) is 34.2 Å². The first-order valence-electron chi connectivity index (χ1n) is 11.6. The molecule has 1 aliphatic carbocycles. The summed E-state index contributed by atoms with van der Waals surface area (Å²) < 4.78 is 25.7. The van der Waals surface area contributed by atoms with Gasteiger partial charge >= 0.3 is 0 Å². The average Bonchev–Trinajstić information content (AvgIpc) is 2.80. The molecule has 0 bridgehead atoms. The first-order chi connectivity index (χ1) is 14.9. The molecule has 0 spiro atoms. The zero-order chi connectivity index (χ0) is 22.3. The maximum atomic E-state index is 12.2. The highest BCUT2D eigenvalue weighted by Gasteiger charge is 2.38. The summed E-state index contributed by atoms with van der Waals surface area (Å²) in [6.45, 7) is 3.96. The van der Waals surface area contributed by atoms with Crippen molar-refractivity contribution in [3.05, 3.63) is 29.8 Å². The molecule has 1 heterocycles. The summed E-state index contributed by atoms with van der Waals surface area (Å²) in [5.41, 5.74) is 1.27. The second-order valence-corrected chi connectivity index (χ2v) is 11.2. The molecule has 1 saturated carbocycles. The third-order valence-electron chi connectivity index (χ3n) is 6.78. The molecule has 0 radical (unpaired) electrons. The maximum absolute atomic E-state index is 12.2. The minimum absolute atomic E-state index is 0.248. The van der Waals surface area contributed by atoms with Crippen molar-refractivity contribution in [1.82, 2.24) is 19.8 Å². The molecule has 2 fully saturated rings. The smallest absolute Gasteiger partial charge is 0.242 e. The van der Waals surface area contributed by atoms with Crippen molar-refractivity contribution in [2.45, 2.75) is 68.3 Å². The van der Waals surface area contributed by atoms with E-state index in [9.17, 15) is 8.42 Å². The van der Waals surface area contributed by atoms with Crippen LogP contribution < -0.4 is 10.6 Å². The molecule has 31 heavy (non-hydrogen) atoms. The molecule has 7 nitrogen and oxygen atoms in total. The Bertz CT molecular complexity index is 824. The first-order valence-corrected chi connectivity index (χ1v) is 13.0. The van der Waals surface area contributed by atoms with Gasteiger partial charge in [-0.15, -0.1) is 0 Å². The average molecular weight is 450 g/mol. The van der Waals surface area contributed by atoms with Gasteiger partial charge in [-0.25, -0.2) is 12.7 Å². The number of piperidine rings is 1. The predicted molar refractivity (Wildman–Crippen MR) is 127 cm³/mol. The highest BCUT2D eigenvalue weighted by Crippen LogP contribution is 2.35. The van der Waals surface area contributed by atoms with Crippen LogP contribution in [0, 0.1) is 0 Å². The standard InChI is InChI=1S/C23H39N5O2S/c1-24-22(25-18-20-10-12-21(13-11-20)31(29,30)27(2)3)26-19-23(14-6-4-7-15-23)28-16-8-5-9-17-28/h10-13H,4-9,14-19H2,1-3H3,(H2,24,25,26). The molecule has 1 aliphatic heterocycles. The fourth-order valence-corrected chi connectivity index (χ4v) is 5.73. The fraction of sp³-hybridized carbons (Fsp3) is 0.696. The van der Waals surface area contributed by atoms with E-state index < -0.39 is 10.0 Å². The van der Waals surface area contributed by atoms with Gasteiger partial charge < -0.3 is 10.6 Å². The normalized spacial score (nSPS) is 20.6. The van der Waals surface area contributed by atoms with E-state index in [1.807, 2.05) is 12.1 Å². The van der Waals surface area contributed by atoms with E-state index in [0.29, 0.717) is 11.4 Å². The Balaban J connectivity index is 1.57. The molecule has 8 heteroatoms. The number of benzene rings is 1. The van der Waals surface area contributed by atoms with Crippen LogP contribution in [-0.4, -0.2) is 69.9 Å². The van der Waals surface area contributed by atoms with Gasteiger partial charge in [0, 0.05) is 39.8 Å². The van der Waals surface area contributed by atoms with Crippen molar-refractivity contribution in [3.63, 3.8) is 0 Å². The quantitative estimate of drug-likeness (QED) is 0.494. The highest BCUT2D eigenvalue weighted by molar-refractivity contribution is 7.89. The fourth-order valence-electron chi connectivity index (χ4n) is 4.83. The Hall–Kier alpha value is -1.64. The van der Waals surface area contributed by atoms with Gasteiger partial charge in [-0.05, 0) is 56.5 Å². The summed E-state index contributed by atoms with van der Waals surface area (Å²) in [4.78, 5) is 7.46. The molecular formula is C23H39N5O2S. The van der Waals surface area contributed by atoms with Gasteiger partial charge in [0.15, 0.2) is 5.96 Å². The number of likely N-dealkylation sites (tertiary alicyclic amines) is 1. The summed E-state index contributed by atoms with van der Waals surface area (Å²) in [7, 11) is 1.50. The third kappa shape index (κ3) is 5.99. The van der Waals surface area contributed by atoms with E-state index >= 15 is 0 Å². The van der Waals surface area contributed by atoms with Crippen LogP contribution in [0.1, 0.15) is 56.9 Å².